The van der Waals surface area contributed by atoms with Gasteiger partial charge >= 0.3 is 0 Å². The third-order valence-electron chi connectivity index (χ3n) is 3.10. The summed E-state index contributed by atoms with van der Waals surface area (Å²) < 4.78 is 10.1. The Hall–Kier alpha value is -2.90. The zero-order chi connectivity index (χ0) is 16.3. The zero-order valence-corrected chi connectivity index (χ0v) is 12.4. The van der Waals surface area contributed by atoms with E-state index < -0.39 is 10.8 Å². The molecule has 0 saturated carbocycles. The predicted molar refractivity (Wildman–Crippen MR) is 78.2 cm³/mol. The SMILES string of the molecule is CCOc1ccc(NC(=O)c2noc(C)c2C)c([N+](=O)[O-])c1. The molecule has 1 amide bonds. The summed E-state index contributed by atoms with van der Waals surface area (Å²) in [5.74, 6) is 0.314. The van der Waals surface area contributed by atoms with Gasteiger partial charge in [0.2, 0.25) is 0 Å². The van der Waals surface area contributed by atoms with E-state index in [-0.39, 0.29) is 17.1 Å². The van der Waals surface area contributed by atoms with Crippen LogP contribution in [-0.4, -0.2) is 22.6 Å². The number of carbonyl (C=O) groups is 1. The topological polar surface area (TPSA) is 108 Å². The first kappa shape index (κ1) is 15.5. The summed E-state index contributed by atoms with van der Waals surface area (Å²) in [6.45, 7) is 5.53. The molecular formula is C14H15N3O5. The minimum atomic E-state index is -0.584. The van der Waals surface area contributed by atoms with Crippen molar-refractivity contribution in [1.29, 1.82) is 0 Å². The lowest BCUT2D eigenvalue weighted by Gasteiger charge is -2.07. The first-order valence-electron chi connectivity index (χ1n) is 6.59. The maximum absolute atomic E-state index is 12.1. The largest absolute Gasteiger partial charge is 0.494 e. The Morgan fingerprint density at radius 2 is 2.18 bits per heavy atom. The van der Waals surface area contributed by atoms with Gasteiger partial charge in [-0.15, -0.1) is 0 Å². The summed E-state index contributed by atoms with van der Waals surface area (Å²) >= 11 is 0. The third-order valence-corrected chi connectivity index (χ3v) is 3.10. The number of nitrogens with zero attached hydrogens (tertiary/aromatic N) is 2. The average Bonchev–Trinajstić information content (AvgIpc) is 2.80. The number of carbonyl (C=O) groups excluding carboxylic acids is 1. The molecule has 116 valence electrons. The van der Waals surface area contributed by atoms with Crippen molar-refractivity contribution in [2.45, 2.75) is 20.8 Å². The highest BCUT2D eigenvalue weighted by Gasteiger charge is 2.21. The van der Waals surface area contributed by atoms with Crippen LogP contribution in [0, 0.1) is 24.0 Å². The summed E-state index contributed by atoms with van der Waals surface area (Å²) in [5, 5.41) is 17.3. The molecule has 1 N–H and O–H groups in total. The van der Waals surface area contributed by atoms with Crippen molar-refractivity contribution in [2.24, 2.45) is 0 Å². The van der Waals surface area contributed by atoms with Gasteiger partial charge in [0.15, 0.2) is 5.69 Å². The van der Waals surface area contributed by atoms with Crippen LogP contribution < -0.4 is 10.1 Å². The van der Waals surface area contributed by atoms with Crippen LogP contribution in [0.3, 0.4) is 0 Å². The number of rotatable bonds is 5. The summed E-state index contributed by atoms with van der Waals surface area (Å²) in [7, 11) is 0. The highest BCUT2D eigenvalue weighted by atomic mass is 16.6. The van der Waals surface area contributed by atoms with Gasteiger partial charge in [-0.3, -0.25) is 14.9 Å². The van der Waals surface area contributed by atoms with Crippen LogP contribution >= 0.6 is 0 Å². The number of amides is 1. The van der Waals surface area contributed by atoms with E-state index in [1.807, 2.05) is 0 Å². The minimum absolute atomic E-state index is 0.0681. The van der Waals surface area contributed by atoms with Crippen molar-refractivity contribution in [3.05, 3.63) is 45.3 Å². The molecule has 0 unspecified atom stereocenters. The molecule has 2 rings (SSSR count). The molecule has 0 radical (unpaired) electrons. The van der Waals surface area contributed by atoms with E-state index in [2.05, 4.69) is 10.5 Å². The maximum atomic E-state index is 12.1. The lowest BCUT2D eigenvalue weighted by molar-refractivity contribution is -0.384. The van der Waals surface area contributed by atoms with Crippen molar-refractivity contribution >= 4 is 17.3 Å². The molecule has 0 aliphatic heterocycles. The summed E-state index contributed by atoms with van der Waals surface area (Å²) in [6.07, 6.45) is 0. The number of anilines is 1. The predicted octanol–water partition coefficient (Wildman–Crippen LogP) is 2.85. The van der Waals surface area contributed by atoms with Crippen molar-refractivity contribution in [1.82, 2.24) is 5.16 Å². The summed E-state index contributed by atoms with van der Waals surface area (Å²) in [5.41, 5.74) is 0.502. The quantitative estimate of drug-likeness (QED) is 0.672. The Morgan fingerprint density at radius 3 is 2.73 bits per heavy atom. The van der Waals surface area contributed by atoms with Gasteiger partial charge in [0.25, 0.3) is 11.6 Å². The smallest absolute Gasteiger partial charge is 0.296 e. The van der Waals surface area contributed by atoms with Crippen LogP contribution in [-0.2, 0) is 0 Å². The Kier molecular flexibility index (Phi) is 4.40. The second-order valence-corrected chi connectivity index (χ2v) is 4.54. The second-order valence-electron chi connectivity index (χ2n) is 4.54. The van der Waals surface area contributed by atoms with Gasteiger partial charge < -0.3 is 14.6 Å². The van der Waals surface area contributed by atoms with E-state index in [1.165, 1.54) is 12.1 Å². The number of benzene rings is 1. The third kappa shape index (κ3) is 3.05. The van der Waals surface area contributed by atoms with Crippen LogP contribution in [0.5, 0.6) is 5.75 Å². The number of ether oxygens (including phenoxy) is 1. The Balaban J connectivity index is 2.30. The molecule has 0 bridgehead atoms. The molecule has 1 aromatic carbocycles. The molecule has 0 spiro atoms. The van der Waals surface area contributed by atoms with Crippen LogP contribution in [0.2, 0.25) is 0 Å². The number of hydrogen-bond donors (Lipinski definition) is 1. The van der Waals surface area contributed by atoms with Crippen molar-refractivity contribution < 1.29 is 19.0 Å². The molecule has 0 aliphatic carbocycles. The molecule has 8 nitrogen and oxygen atoms in total. The van der Waals surface area contributed by atoms with Gasteiger partial charge in [0, 0.05) is 5.56 Å². The van der Waals surface area contributed by atoms with Gasteiger partial charge in [-0.05, 0) is 32.9 Å². The molecule has 22 heavy (non-hydrogen) atoms. The fourth-order valence-corrected chi connectivity index (χ4v) is 1.84. The van der Waals surface area contributed by atoms with E-state index in [0.717, 1.165) is 0 Å². The van der Waals surface area contributed by atoms with Gasteiger partial charge in [0.05, 0.1) is 17.6 Å². The van der Waals surface area contributed by atoms with Gasteiger partial charge in [-0.2, -0.15) is 0 Å². The molecule has 2 aromatic rings. The van der Waals surface area contributed by atoms with E-state index >= 15 is 0 Å². The van der Waals surface area contributed by atoms with Gasteiger partial charge in [-0.25, -0.2) is 0 Å². The molecule has 8 heteroatoms. The van der Waals surface area contributed by atoms with Crippen LogP contribution in [0.1, 0.15) is 28.7 Å². The van der Waals surface area contributed by atoms with Crippen molar-refractivity contribution in [2.75, 3.05) is 11.9 Å². The molecule has 1 aromatic heterocycles. The van der Waals surface area contributed by atoms with E-state index in [4.69, 9.17) is 9.26 Å². The summed E-state index contributed by atoms with van der Waals surface area (Å²) in [4.78, 5) is 22.7. The molecule has 1 heterocycles. The van der Waals surface area contributed by atoms with Gasteiger partial charge in [-0.1, -0.05) is 5.16 Å². The normalized spacial score (nSPS) is 10.3. The number of hydrogen-bond acceptors (Lipinski definition) is 6. The fourth-order valence-electron chi connectivity index (χ4n) is 1.84. The lowest BCUT2D eigenvalue weighted by atomic mass is 10.2. The van der Waals surface area contributed by atoms with E-state index in [9.17, 15) is 14.9 Å². The molecule has 0 fully saturated rings. The Labute approximate surface area is 126 Å². The Morgan fingerprint density at radius 1 is 1.45 bits per heavy atom. The molecular weight excluding hydrogens is 290 g/mol. The highest BCUT2D eigenvalue weighted by molar-refractivity contribution is 6.05. The molecule has 0 saturated heterocycles. The first-order valence-corrected chi connectivity index (χ1v) is 6.59. The number of nitrogens with one attached hydrogen (secondary N) is 1. The number of aryl methyl sites for hydroxylation is 1. The lowest BCUT2D eigenvalue weighted by Crippen LogP contribution is -2.14. The maximum Gasteiger partial charge on any atom is 0.296 e. The van der Waals surface area contributed by atoms with Crippen LogP contribution in [0.25, 0.3) is 0 Å². The molecule has 0 aliphatic rings. The average molecular weight is 305 g/mol. The fraction of sp³-hybridized carbons (Fsp3) is 0.286. The van der Waals surface area contributed by atoms with Gasteiger partial charge in [0.1, 0.15) is 17.2 Å². The number of nitro benzene ring substituents is 1. The minimum Gasteiger partial charge on any atom is -0.494 e. The van der Waals surface area contributed by atoms with Crippen LogP contribution in [0.15, 0.2) is 22.7 Å². The number of nitro groups is 1. The number of aromatic nitrogens is 1. The van der Waals surface area contributed by atoms with Crippen molar-refractivity contribution in [3.8, 4) is 5.75 Å². The monoisotopic (exact) mass is 305 g/mol. The standard InChI is InChI=1S/C14H15N3O5/c1-4-21-10-5-6-11(12(7-10)17(19)20)15-14(18)13-8(2)9(3)22-16-13/h5-7H,4H2,1-3H3,(H,15,18). The highest BCUT2D eigenvalue weighted by Crippen LogP contribution is 2.29. The van der Waals surface area contributed by atoms with Crippen LogP contribution in [0.4, 0.5) is 11.4 Å². The van der Waals surface area contributed by atoms with Crippen molar-refractivity contribution in [3.63, 3.8) is 0 Å². The van der Waals surface area contributed by atoms with E-state index in [1.54, 1.807) is 26.8 Å². The zero-order valence-electron chi connectivity index (χ0n) is 12.4. The second kappa shape index (κ2) is 6.25. The summed E-state index contributed by atoms with van der Waals surface area (Å²) in [6, 6.07) is 4.23. The van der Waals surface area contributed by atoms with E-state index in [0.29, 0.717) is 23.7 Å². The first-order chi connectivity index (χ1) is 10.4. The Bertz CT molecular complexity index is 723. The molecule has 0 atom stereocenters.